The average Bonchev–Trinajstić information content (AvgIpc) is 3.20. The van der Waals surface area contributed by atoms with Gasteiger partial charge in [-0.2, -0.15) is 0 Å². The van der Waals surface area contributed by atoms with Crippen LogP contribution in [0, 0.1) is 5.92 Å². The maximum atomic E-state index is 13.3. The van der Waals surface area contributed by atoms with Crippen LogP contribution in [0.1, 0.15) is 33.6 Å². The number of fused-ring (bicyclic) bond motifs is 1. The summed E-state index contributed by atoms with van der Waals surface area (Å²) in [5.74, 6) is -1.22. The molecule has 0 spiro atoms. The Hall–Kier alpha value is -2.39. The van der Waals surface area contributed by atoms with E-state index in [1.165, 1.54) is 22.2 Å². The summed E-state index contributed by atoms with van der Waals surface area (Å²) < 4.78 is 33.5. The summed E-state index contributed by atoms with van der Waals surface area (Å²) in [6.07, 6.45) is 2.28. The zero-order valence-corrected chi connectivity index (χ0v) is 20.2. The maximum Gasteiger partial charge on any atom is 0.340 e. The lowest BCUT2D eigenvalue weighted by Crippen LogP contribution is -2.41. The molecule has 1 aliphatic heterocycles. The Morgan fingerprint density at radius 2 is 1.76 bits per heavy atom. The molecule has 3 aromatic rings. The van der Waals surface area contributed by atoms with Crippen LogP contribution in [-0.4, -0.2) is 49.4 Å². The first kappa shape index (κ1) is 23.8. The SMILES string of the molecule is COC(=O)c1cn(C(=O)C2CCN(S(=O)(=O)Cc3ccc(Cl)c(Cl)c3)CC2)c2ccccc12. The van der Waals surface area contributed by atoms with Crippen molar-refractivity contribution in [3.05, 3.63) is 69.8 Å². The molecule has 1 fully saturated rings. The van der Waals surface area contributed by atoms with Crippen molar-refractivity contribution in [2.45, 2.75) is 18.6 Å². The predicted octanol–water partition coefficient (Wildman–Crippen LogP) is 4.62. The lowest BCUT2D eigenvalue weighted by atomic mass is 9.97. The van der Waals surface area contributed by atoms with E-state index in [1.807, 2.05) is 0 Å². The lowest BCUT2D eigenvalue weighted by Gasteiger charge is -2.30. The van der Waals surface area contributed by atoms with Crippen LogP contribution in [0.3, 0.4) is 0 Å². The van der Waals surface area contributed by atoms with Gasteiger partial charge < -0.3 is 4.74 Å². The quantitative estimate of drug-likeness (QED) is 0.469. The van der Waals surface area contributed by atoms with Crippen molar-refractivity contribution in [3.63, 3.8) is 0 Å². The second-order valence-corrected chi connectivity index (χ2v) is 10.7. The van der Waals surface area contributed by atoms with Crippen molar-refractivity contribution in [1.82, 2.24) is 8.87 Å². The highest BCUT2D eigenvalue weighted by Gasteiger charge is 2.32. The normalized spacial score (nSPS) is 15.6. The van der Waals surface area contributed by atoms with Crippen LogP contribution >= 0.6 is 23.2 Å². The minimum absolute atomic E-state index is 0.164. The molecule has 1 aliphatic rings. The minimum Gasteiger partial charge on any atom is -0.465 e. The highest BCUT2D eigenvalue weighted by Crippen LogP contribution is 2.28. The Kier molecular flexibility index (Phi) is 6.81. The summed E-state index contributed by atoms with van der Waals surface area (Å²) in [6.45, 7) is 0.478. The van der Waals surface area contributed by atoms with Crippen LogP contribution in [0.5, 0.6) is 0 Å². The van der Waals surface area contributed by atoms with Crippen LogP contribution in [0.15, 0.2) is 48.7 Å². The fourth-order valence-corrected chi connectivity index (χ4v) is 6.01. The monoisotopic (exact) mass is 508 g/mol. The average molecular weight is 509 g/mol. The highest BCUT2D eigenvalue weighted by atomic mass is 35.5. The molecular formula is C23H22Cl2N2O5S. The first-order valence-electron chi connectivity index (χ1n) is 10.4. The zero-order valence-electron chi connectivity index (χ0n) is 17.8. The third-order valence-electron chi connectivity index (χ3n) is 5.88. The van der Waals surface area contributed by atoms with Gasteiger partial charge in [-0.15, -0.1) is 0 Å². The Balaban J connectivity index is 1.48. The van der Waals surface area contributed by atoms with Crippen molar-refractivity contribution < 1.29 is 22.7 Å². The Morgan fingerprint density at radius 3 is 2.42 bits per heavy atom. The molecule has 0 unspecified atom stereocenters. The number of sulfonamides is 1. The number of piperidine rings is 1. The molecule has 0 bridgehead atoms. The molecule has 0 N–H and O–H groups in total. The lowest BCUT2D eigenvalue weighted by molar-refractivity contribution is 0.0603. The summed E-state index contributed by atoms with van der Waals surface area (Å²) in [5, 5.41) is 1.31. The van der Waals surface area contributed by atoms with Crippen LogP contribution in [0.25, 0.3) is 10.9 Å². The summed E-state index contributed by atoms with van der Waals surface area (Å²) in [7, 11) is -2.28. The molecule has 2 aromatic carbocycles. The largest absolute Gasteiger partial charge is 0.465 e. The number of hydrogen-bond acceptors (Lipinski definition) is 5. The second kappa shape index (κ2) is 9.46. The number of aromatic nitrogens is 1. The van der Waals surface area contributed by atoms with E-state index in [0.29, 0.717) is 44.9 Å². The van der Waals surface area contributed by atoms with E-state index in [2.05, 4.69) is 0 Å². The summed E-state index contributed by atoms with van der Waals surface area (Å²) in [6, 6.07) is 11.9. The molecule has 0 aliphatic carbocycles. The van der Waals surface area contributed by atoms with Gasteiger partial charge in [-0.3, -0.25) is 9.36 Å². The van der Waals surface area contributed by atoms with Crippen LogP contribution in [0.2, 0.25) is 10.0 Å². The molecule has 4 rings (SSSR count). The maximum absolute atomic E-state index is 13.3. The van der Waals surface area contributed by atoms with E-state index in [-0.39, 0.29) is 30.7 Å². The first-order valence-corrected chi connectivity index (χ1v) is 12.7. The highest BCUT2D eigenvalue weighted by molar-refractivity contribution is 7.88. The number of nitrogens with zero attached hydrogens (tertiary/aromatic N) is 2. The second-order valence-electron chi connectivity index (χ2n) is 7.94. The molecule has 0 amide bonds. The molecule has 2 heterocycles. The van der Waals surface area contributed by atoms with Crippen molar-refractivity contribution in [1.29, 1.82) is 0 Å². The van der Waals surface area contributed by atoms with Gasteiger partial charge in [0, 0.05) is 30.6 Å². The van der Waals surface area contributed by atoms with Crippen LogP contribution < -0.4 is 0 Å². The van der Waals surface area contributed by atoms with Gasteiger partial charge in [0.05, 0.1) is 34.0 Å². The topological polar surface area (TPSA) is 85.7 Å². The molecule has 10 heteroatoms. The van der Waals surface area contributed by atoms with E-state index in [0.717, 1.165) is 0 Å². The fraction of sp³-hybridized carbons (Fsp3) is 0.304. The summed E-state index contributed by atoms with van der Waals surface area (Å²) in [5.41, 5.74) is 1.50. The predicted molar refractivity (Wildman–Crippen MR) is 127 cm³/mol. The van der Waals surface area contributed by atoms with E-state index in [9.17, 15) is 18.0 Å². The van der Waals surface area contributed by atoms with Gasteiger partial charge in [-0.05, 0) is 36.6 Å². The molecular weight excluding hydrogens is 487 g/mol. The van der Waals surface area contributed by atoms with Crippen LogP contribution in [-0.2, 0) is 20.5 Å². The molecule has 174 valence electrons. The number of benzene rings is 2. The van der Waals surface area contributed by atoms with E-state index >= 15 is 0 Å². The molecule has 33 heavy (non-hydrogen) atoms. The number of rotatable bonds is 5. The molecule has 0 saturated carbocycles. The molecule has 7 nitrogen and oxygen atoms in total. The minimum atomic E-state index is -3.57. The van der Waals surface area contributed by atoms with Gasteiger partial charge in [-0.25, -0.2) is 17.5 Å². The van der Waals surface area contributed by atoms with Gasteiger partial charge in [0.1, 0.15) is 0 Å². The molecule has 1 saturated heterocycles. The van der Waals surface area contributed by atoms with Crippen molar-refractivity contribution >= 4 is 56.0 Å². The Bertz CT molecular complexity index is 1330. The van der Waals surface area contributed by atoms with Gasteiger partial charge in [0.25, 0.3) is 0 Å². The Morgan fingerprint density at radius 1 is 1.06 bits per heavy atom. The number of esters is 1. The number of carbonyl (C=O) groups is 2. The summed E-state index contributed by atoms with van der Waals surface area (Å²) >= 11 is 11.9. The molecule has 1 aromatic heterocycles. The fourth-order valence-electron chi connectivity index (χ4n) is 4.14. The summed E-state index contributed by atoms with van der Waals surface area (Å²) in [4.78, 5) is 25.4. The van der Waals surface area contributed by atoms with Gasteiger partial charge in [0.2, 0.25) is 15.9 Å². The standard InChI is InChI=1S/C23H22Cl2N2O5S/c1-32-23(29)18-13-27(21-5-3-2-4-17(18)21)22(28)16-8-10-26(11-9-16)33(30,31)14-15-6-7-19(24)20(25)12-15/h2-7,12-13,16H,8-11,14H2,1H3. The number of carbonyl (C=O) groups excluding carboxylic acids is 2. The van der Waals surface area contributed by atoms with Gasteiger partial charge in [-0.1, -0.05) is 47.5 Å². The third-order valence-corrected chi connectivity index (χ3v) is 8.47. The first-order chi connectivity index (χ1) is 15.7. The van der Waals surface area contributed by atoms with Crippen LogP contribution in [0.4, 0.5) is 0 Å². The number of para-hydroxylation sites is 1. The third kappa shape index (κ3) is 4.80. The number of ether oxygens (including phenoxy) is 1. The number of halogens is 2. The van der Waals surface area contributed by atoms with Gasteiger partial charge >= 0.3 is 5.97 Å². The molecule has 0 radical (unpaired) electrons. The van der Waals surface area contributed by atoms with E-state index < -0.39 is 16.0 Å². The zero-order chi connectivity index (χ0) is 23.8. The van der Waals surface area contributed by atoms with Crippen molar-refractivity contribution in [2.24, 2.45) is 5.92 Å². The molecule has 0 atom stereocenters. The Labute approximate surface area is 201 Å². The van der Waals surface area contributed by atoms with E-state index in [4.69, 9.17) is 27.9 Å². The smallest absolute Gasteiger partial charge is 0.340 e. The number of hydrogen-bond donors (Lipinski definition) is 0. The van der Waals surface area contributed by atoms with E-state index in [1.54, 1.807) is 42.5 Å². The van der Waals surface area contributed by atoms with Gasteiger partial charge in [0.15, 0.2) is 0 Å². The van der Waals surface area contributed by atoms with Crippen molar-refractivity contribution in [2.75, 3.05) is 20.2 Å². The van der Waals surface area contributed by atoms with Crippen molar-refractivity contribution in [3.8, 4) is 0 Å². The number of methoxy groups -OCH3 is 1.